The van der Waals surface area contributed by atoms with Crippen molar-refractivity contribution < 1.29 is 27.2 Å². The quantitative estimate of drug-likeness (QED) is 0.663. The molecule has 1 aromatic carbocycles. The van der Waals surface area contributed by atoms with Gasteiger partial charge in [0.15, 0.2) is 16.9 Å². The van der Waals surface area contributed by atoms with Crippen LogP contribution in [-0.2, 0) is 17.5 Å². The number of ether oxygens (including phenoxy) is 1. The molecule has 0 atom stereocenters. The lowest BCUT2D eigenvalue weighted by atomic mass is 10.1. The van der Waals surface area contributed by atoms with Crippen LogP contribution < -0.4 is 5.43 Å². The van der Waals surface area contributed by atoms with Crippen LogP contribution in [0.1, 0.15) is 28.7 Å². The molecule has 136 valence electrons. The van der Waals surface area contributed by atoms with Gasteiger partial charge >= 0.3 is 12.1 Å². The minimum Gasteiger partial charge on any atom is -0.461 e. The van der Waals surface area contributed by atoms with Gasteiger partial charge in [0.25, 0.3) is 0 Å². The SMILES string of the molecule is CCOC(=O)c1cc(Cn2ccc(=O)c3ccc(C(F)(F)F)cc32)on1. The van der Waals surface area contributed by atoms with E-state index >= 15 is 0 Å². The molecule has 0 aliphatic carbocycles. The number of carbonyl (C=O) groups excluding carboxylic acids is 1. The lowest BCUT2D eigenvalue weighted by Crippen LogP contribution is -2.11. The summed E-state index contributed by atoms with van der Waals surface area (Å²) in [5, 5.41) is 3.72. The Morgan fingerprint density at radius 1 is 1.27 bits per heavy atom. The van der Waals surface area contributed by atoms with Crippen molar-refractivity contribution in [2.24, 2.45) is 0 Å². The topological polar surface area (TPSA) is 74.3 Å². The molecule has 0 aliphatic rings. The first-order chi connectivity index (χ1) is 12.3. The largest absolute Gasteiger partial charge is 0.461 e. The molecule has 0 unspecified atom stereocenters. The van der Waals surface area contributed by atoms with Crippen LogP contribution in [0.15, 0.2) is 45.8 Å². The lowest BCUT2D eigenvalue weighted by molar-refractivity contribution is -0.137. The maximum Gasteiger partial charge on any atom is 0.416 e. The molecule has 6 nitrogen and oxygen atoms in total. The van der Waals surface area contributed by atoms with Crippen LogP contribution in [0.25, 0.3) is 10.9 Å². The van der Waals surface area contributed by atoms with Crippen molar-refractivity contribution in [1.29, 1.82) is 0 Å². The van der Waals surface area contributed by atoms with Crippen molar-refractivity contribution in [3.63, 3.8) is 0 Å². The van der Waals surface area contributed by atoms with E-state index in [9.17, 15) is 22.8 Å². The summed E-state index contributed by atoms with van der Waals surface area (Å²) < 4.78 is 50.2. The third-order valence-electron chi connectivity index (χ3n) is 3.68. The Morgan fingerprint density at radius 2 is 2.04 bits per heavy atom. The summed E-state index contributed by atoms with van der Waals surface area (Å²) in [6, 6.07) is 5.50. The Hall–Kier alpha value is -3.10. The van der Waals surface area contributed by atoms with Crippen LogP contribution in [0.5, 0.6) is 0 Å². The number of esters is 1. The van der Waals surface area contributed by atoms with Crippen LogP contribution in [0.4, 0.5) is 13.2 Å². The molecule has 0 aliphatic heterocycles. The molecule has 3 rings (SSSR count). The van der Waals surface area contributed by atoms with E-state index in [1.165, 1.54) is 22.9 Å². The van der Waals surface area contributed by atoms with Crippen LogP contribution in [0.2, 0.25) is 0 Å². The van der Waals surface area contributed by atoms with E-state index in [-0.39, 0.29) is 35.5 Å². The van der Waals surface area contributed by atoms with Crippen LogP contribution in [0.3, 0.4) is 0 Å². The average Bonchev–Trinajstić information content (AvgIpc) is 3.05. The number of nitrogens with zero attached hydrogens (tertiary/aromatic N) is 2. The van der Waals surface area contributed by atoms with Crippen molar-refractivity contribution in [2.45, 2.75) is 19.6 Å². The number of fused-ring (bicyclic) bond motifs is 1. The third kappa shape index (κ3) is 3.46. The second kappa shape index (κ2) is 6.66. The van der Waals surface area contributed by atoms with E-state index in [1.54, 1.807) is 6.92 Å². The molecular formula is C17H13F3N2O4. The molecule has 0 bridgehead atoms. The van der Waals surface area contributed by atoms with E-state index in [4.69, 9.17) is 9.26 Å². The summed E-state index contributed by atoms with van der Waals surface area (Å²) in [5.41, 5.74) is -1.20. The van der Waals surface area contributed by atoms with Gasteiger partial charge < -0.3 is 13.8 Å². The molecule has 2 heterocycles. The van der Waals surface area contributed by atoms with Crippen LogP contribution in [0, 0.1) is 0 Å². The summed E-state index contributed by atoms with van der Waals surface area (Å²) in [5.74, 6) is -0.429. The fraction of sp³-hybridized carbons (Fsp3) is 0.235. The van der Waals surface area contributed by atoms with Gasteiger partial charge in [-0.2, -0.15) is 13.2 Å². The minimum atomic E-state index is -4.53. The van der Waals surface area contributed by atoms with Gasteiger partial charge in [-0.3, -0.25) is 4.79 Å². The maximum absolute atomic E-state index is 13.0. The summed E-state index contributed by atoms with van der Waals surface area (Å²) in [7, 11) is 0. The lowest BCUT2D eigenvalue weighted by Gasteiger charge is -2.12. The molecule has 3 aromatic rings. The molecule has 2 aromatic heterocycles. The van der Waals surface area contributed by atoms with Gasteiger partial charge in [0.05, 0.1) is 24.2 Å². The van der Waals surface area contributed by atoms with Gasteiger partial charge in [-0.1, -0.05) is 5.16 Å². The zero-order valence-electron chi connectivity index (χ0n) is 13.5. The molecule has 9 heteroatoms. The Bertz CT molecular complexity index is 1020. The molecule has 26 heavy (non-hydrogen) atoms. The summed E-state index contributed by atoms with van der Waals surface area (Å²) >= 11 is 0. The number of aromatic nitrogens is 2. The summed E-state index contributed by atoms with van der Waals surface area (Å²) in [6.45, 7) is 1.81. The monoisotopic (exact) mass is 366 g/mol. The first-order valence-electron chi connectivity index (χ1n) is 7.62. The minimum absolute atomic E-state index is 0.00943. The predicted octanol–water partition coefficient (Wildman–Crippen LogP) is 3.23. The molecular weight excluding hydrogens is 353 g/mol. The van der Waals surface area contributed by atoms with Gasteiger partial charge in [-0.05, 0) is 25.1 Å². The van der Waals surface area contributed by atoms with E-state index in [0.717, 1.165) is 18.2 Å². The highest BCUT2D eigenvalue weighted by molar-refractivity contribution is 5.87. The molecule has 0 saturated heterocycles. The fourth-order valence-electron chi connectivity index (χ4n) is 2.48. The summed E-state index contributed by atoms with van der Waals surface area (Å²) in [6.07, 6.45) is -3.17. The highest BCUT2D eigenvalue weighted by Gasteiger charge is 2.30. The second-order valence-corrected chi connectivity index (χ2v) is 5.44. The number of rotatable bonds is 4. The Balaban J connectivity index is 2.01. The van der Waals surface area contributed by atoms with Gasteiger partial charge in [0.2, 0.25) is 0 Å². The van der Waals surface area contributed by atoms with Crippen LogP contribution in [-0.4, -0.2) is 22.3 Å². The molecule has 0 saturated carbocycles. The number of alkyl halides is 3. The summed E-state index contributed by atoms with van der Waals surface area (Å²) in [4.78, 5) is 23.5. The highest BCUT2D eigenvalue weighted by Crippen LogP contribution is 2.31. The number of hydrogen-bond donors (Lipinski definition) is 0. The highest BCUT2D eigenvalue weighted by atomic mass is 19.4. The van der Waals surface area contributed by atoms with Crippen molar-refractivity contribution in [2.75, 3.05) is 6.61 Å². The number of benzene rings is 1. The second-order valence-electron chi connectivity index (χ2n) is 5.44. The zero-order chi connectivity index (χ0) is 18.9. The number of halogens is 3. The molecule has 0 spiro atoms. The van der Waals surface area contributed by atoms with E-state index in [1.807, 2.05) is 0 Å². The fourth-order valence-corrected chi connectivity index (χ4v) is 2.48. The molecule has 0 fully saturated rings. The molecule has 0 amide bonds. The molecule has 0 N–H and O–H groups in total. The van der Waals surface area contributed by atoms with E-state index < -0.39 is 23.1 Å². The van der Waals surface area contributed by atoms with Gasteiger partial charge in [-0.25, -0.2) is 4.79 Å². The van der Waals surface area contributed by atoms with Gasteiger partial charge in [-0.15, -0.1) is 0 Å². The third-order valence-corrected chi connectivity index (χ3v) is 3.68. The van der Waals surface area contributed by atoms with Gasteiger partial charge in [0.1, 0.15) is 0 Å². The number of pyridine rings is 1. The smallest absolute Gasteiger partial charge is 0.416 e. The maximum atomic E-state index is 13.0. The average molecular weight is 366 g/mol. The van der Waals surface area contributed by atoms with E-state index in [2.05, 4.69) is 5.16 Å². The first-order valence-corrected chi connectivity index (χ1v) is 7.62. The van der Waals surface area contributed by atoms with Crippen LogP contribution >= 0.6 is 0 Å². The van der Waals surface area contributed by atoms with Crippen molar-refractivity contribution in [3.05, 3.63) is 63.8 Å². The van der Waals surface area contributed by atoms with Crippen molar-refractivity contribution in [3.8, 4) is 0 Å². The number of carbonyl (C=O) groups is 1. The standard InChI is InChI=1S/C17H13F3N2O4/c1-2-25-16(24)13-8-11(26-21-13)9-22-6-5-15(23)12-4-3-10(7-14(12)22)17(18,19)20/h3-8H,2,9H2,1H3. The normalized spacial score (nSPS) is 11.7. The van der Waals surface area contributed by atoms with Gasteiger partial charge in [0, 0.05) is 23.7 Å². The van der Waals surface area contributed by atoms with Crippen molar-refractivity contribution >= 4 is 16.9 Å². The van der Waals surface area contributed by atoms with E-state index in [0.29, 0.717) is 0 Å². The molecule has 0 radical (unpaired) electrons. The number of hydrogen-bond acceptors (Lipinski definition) is 5. The van der Waals surface area contributed by atoms with Crippen molar-refractivity contribution in [1.82, 2.24) is 9.72 Å². The first kappa shape index (κ1) is 17.7. The Labute approximate surface area is 144 Å². The predicted molar refractivity (Wildman–Crippen MR) is 84.8 cm³/mol. The Kier molecular flexibility index (Phi) is 4.54. The zero-order valence-corrected chi connectivity index (χ0v) is 13.5. The Morgan fingerprint density at radius 3 is 2.73 bits per heavy atom.